The molecule has 0 radical (unpaired) electrons. The summed E-state index contributed by atoms with van der Waals surface area (Å²) < 4.78 is 5.97. The number of ether oxygens (including phenoxy) is 1. The number of amides is 3. The lowest BCUT2D eigenvalue weighted by Gasteiger charge is -2.36. The van der Waals surface area contributed by atoms with E-state index in [1.165, 1.54) is 5.56 Å². The van der Waals surface area contributed by atoms with E-state index in [4.69, 9.17) is 4.74 Å². The first-order chi connectivity index (χ1) is 21.9. The minimum absolute atomic E-state index is 0.0346. The monoisotopic (exact) mass is 636 g/mol. The molecule has 1 N–H and O–H groups in total. The second kappa shape index (κ2) is 16.1. The molecule has 254 valence electrons. The van der Waals surface area contributed by atoms with Gasteiger partial charge in [0.05, 0.1) is 18.5 Å². The van der Waals surface area contributed by atoms with Crippen molar-refractivity contribution < 1.29 is 23.9 Å². The van der Waals surface area contributed by atoms with Crippen LogP contribution in [0.5, 0.6) is 0 Å². The van der Waals surface area contributed by atoms with Gasteiger partial charge in [-0.3, -0.25) is 24.1 Å². The molecule has 9 heteroatoms. The molecule has 3 aliphatic rings. The number of carbonyl (C=O) groups is 4. The second-order valence-electron chi connectivity index (χ2n) is 14.3. The molecule has 1 aromatic carbocycles. The van der Waals surface area contributed by atoms with Crippen LogP contribution in [0, 0.1) is 11.8 Å². The highest BCUT2D eigenvalue weighted by Gasteiger charge is 2.36. The first kappa shape index (κ1) is 35.7. The summed E-state index contributed by atoms with van der Waals surface area (Å²) in [6.07, 6.45) is 9.10. The summed E-state index contributed by atoms with van der Waals surface area (Å²) in [5, 5.41) is 3.06. The van der Waals surface area contributed by atoms with Crippen LogP contribution < -0.4 is 5.32 Å². The number of fused-ring (bicyclic) bond motifs is 1. The van der Waals surface area contributed by atoms with Crippen LogP contribution in [0.2, 0.25) is 0 Å². The highest BCUT2D eigenvalue weighted by atomic mass is 16.5. The number of aryl methyl sites for hydroxylation is 1. The van der Waals surface area contributed by atoms with Crippen LogP contribution >= 0.6 is 0 Å². The Morgan fingerprint density at radius 1 is 0.978 bits per heavy atom. The molecule has 2 saturated heterocycles. The summed E-state index contributed by atoms with van der Waals surface area (Å²) in [5.74, 6) is -0.703. The van der Waals surface area contributed by atoms with Crippen molar-refractivity contribution in [3.05, 3.63) is 47.0 Å². The van der Waals surface area contributed by atoms with E-state index >= 15 is 0 Å². The minimum atomic E-state index is -0.663. The molecule has 3 amide bonds. The van der Waals surface area contributed by atoms with Crippen LogP contribution in [-0.4, -0.2) is 89.7 Å². The van der Waals surface area contributed by atoms with Gasteiger partial charge in [-0.05, 0) is 88.4 Å². The molecule has 1 aliphatic carbocycles. The zero-order valence-electron chi connectivity index (χ0n) is 29.1. The third kappa shape index (κ3) is 8.58. The molecular formula is C37H56N4O5. The molecule has 0 bridgehead atoms. The van der Waals surface area contributed by atoms with Crippen molar-refractivity contribution in [3.8, 4) is 0 Å². The first-order valence-electron chi connectivity index (χ1n) is 17.4. The van der Waals surface area contributed by atoms with Gasteiger partial charge < -0.3 is 19.9 Å². The van der Waals surface area contributed by atoms with Crippen molar-refractivity contribution in [2.45, 2.75) is 123 Å². The highest BCUT2D eigenvalue weighted by molar-refractivity contribution is 5.94. The average molecular weight is 637 g/mol. The van der Waals surface area contributed by atoms with Crippen LogP contribution in [0.15, 0.2) is 35.9 Å². The van der Waals surface area contributed by atoms with Gasteiger partial charge in [0.25, 0.3) is 0 Å². The molecule has 1 aromatic rings. The number of esters is 1. The van der Waals surface area contributed by atoms with Gasteiger partial charge in [0.1, 0.15) is 12.1 Å². The lowest BCUT2D eigenvalue weighted by molar-refractivity contribution is -0.151. The Morgan fingerprint density at radius 2 is 1.72 bits per heavy atom. The summed E-state index contributed by atoms with van der Waals surface area (Å²) >= 11 is 0. The average Bonchev–Trinajstić information content (AvgIpc) is 3.49. The van der Waals surface area contributed by atoms with E-state index in [-0.39, 0.29) is 66.2 Å². The Balaban J connectivity index is 1.40. The molecule has 0 spiro atoms. The van der Waals surface area contributed by atoms with E-state index in [0.29, 0.717) is 12.1 Å². The molecule has 5 atom stereocenters. The van der Waals surface area contributed by atoms with E-state index in [9.17, 15) is 19.2 Å². The van der Waals surface area contributed by atoms with Crippen LogP contribution in [0.25, 0.3) is 0 Å². The number of piperidine rings is 1. The number of hydrogen-bond donors (Lipinski definition) is 1. The predicted molar refractivity (Wildman–Crippen MR) is 180 cm³/mol. The molecule has 0 aromatic heterocycles. The van der Waals surface area contributed by atoms with Crippen molar-refractivity contribution in [1.29, 1.82) is 0 Å². The maximum Gasteiger partial charge on any atom is 0.308 e. The van der Waals surface area contributed by atoms with Gasteiger partial charge in [0.2, 0.25) is 17.7 Å². The number of likely N-dealkylation sites (tertiary alicyclic amines) is 2. The molecule has 0 saturated carbocycles. The van der Waals surface area contributed by atoms with Crippen LogP contribution in [0.4, 0.5) is 0 Å². The van der Waals surface area contributed by atoms with Crippen molar-refractivity contribution >= 4 is 23.7 Å². The molecule has 2 heterocycles. The number of hydrogen-bond acceptors (Lipinski definition) is 6. The standard InChI is InChI=1S/C37H56N4O5/c1-24(2)31(40(7)37(45)34(25(3)4)38-35(43)30-18-10-11-20-39(30)6)22-26(5)36(44)41-21-13-16-28(41)23-33(42)46-32-19-12-15-27-14-8-9-17-29(27)32/h8-9,14,17,22,24-25,28,30-32,34H,10-13,15-16,18-21,23H2,1-7H3,(H,38,43)/b26-22+/t28?,30-,31-,32?,34?/m1/s1. The second-order valence-corrected chi connectivity index (χ2v) is 14.3. The summed E-state index contributed by atoms with van der Waals surface area (Å²) in [5.41, 5.74) is 2.89. The zero-order chi connectivity index (χ0) is 33.5. The van der Waals surface area contributed by atoms with Crippen LogP contribution in [0.1, 0.15) is 103 Å². The van der Waals surface area contributed by atoms with E-state index in [2.05, 4.69) is 16.3 Å². The lowest BCUT2D eigenvalue weighted by Crippen LogP contribution is -2.57. The fourth-order valence-electron chi connectivity index (χ4n) is 7.39. The largest absolute Gasteiger partial charge is 0.457 e. The van der Waals surface area contributed by atoms with Gasteiger partial charge >= 0.3 is 5.97 Å². The Hall–Kier alpha value is -3.20. The Bertz CT molecular complexity index is 1280. The van der Waals surface area contributed by atoms with E-state index in [1.54, 1.807) is 23.8 Å². The number of carbonyl (C=O) groups excluding carboxylic acids is 4. The van der Waals surface area contributed by atoms with Gasteiger partial charge in [-0.1, -0.05) is 64.5 Å². The van der Waals surface area contributed by atoms with E-state index in [1.807, 2.05) is 59.0 Å². The topological polar surface area (TPSA) is 99.3 Å². The maximum absolute atomic E-state index is 13.9. The lowest BCUT2D eigenvalue weighted by atomic mass is 9.89. The van der Waals surface area contributed by atoms with E-state index < -0.39 is 6.04 Å². The molecule has 4 rings (SSSR count). The number of nitrogens with zero attached hydrogens (tertiary/aromatic N) is 3. The maximum atomic E-state index is 13.9. The smallest absolute Gasteiger partial charge is 0.308 e. The minimum Gasteiger partial charge on any atom is -0.457 e. The highest BCUT2D eigenvalue weighted by Crippen LogP contribution is 2.33. The molecule has 9 nitrogen and oxygen atoms in total. The van der Waals surface area contributed by atoms with Crippen molar-refractivity contribution in [3.63, 3.8) is 0 Å². The zero-order valence-corrected chi connectivity index (χ0v) is 29.1. The summed E-state index contributed by atoms with van der Waals surface area (Å²) in [7, 11) is 3.72. The first-order valence-corrected chi connectivity index (χ1v) is 17.4. The van der Waals surface area contributed by atoms with Crippen molar-refractivity contribution in [2.24, 2.45) is 11.8 Å². The van der Waals surface area contributed by atoms with Gasteiger partial charge in [-0.2, -0.15) is 0 Å². The van der Waals surface area contributed by atoms with E-state index in [0.717, 1.165) is 63.5 Å². The van der Waals surface area contributed by atoms with Crippen molar-refractivity contribution in [2.75, 3.05) is 27.2 Å². The SMILES string of the molecule is C/C(=C\[C@H](C(C)C)N(C)C(=O)C(NC(=O)[C@H]1CCCCN1C)C(C)C)C(=O)N1CCCC1CC(=O)OC1CCCc2ccccc21. The number of rotatable bonds is 11. The van der Waals surface area contributed by atoms with Gasteiger partial charge in [0, 0.05) is 25.2 Å². The normalized spacial score (nSPS) is 23.5. The van der Waals surface area contributed by atoms with Gasteiger partial charge in [-0.15, -0.1) is 0 Å². The summed E-state index contributed by atoms with van der Waals surface area (Å²) in [6, 6.07) is 6.72. The Labute approximate surface area is 276 Å². The molecule has 2 fully saturated rings. The Kier molecular flexibility index (Phi) is 12.5. The fourth-order valence-corrected chi connectivity index (χ4v) is 7.39. The third-order valence-corrected chi connectivity index (χ3v) is 10.2. The van der Waals surface area contributed by atoms with Crippen molar-refractivity contribution in [1.82, 2.24) is 20.0 Å². The quantitative estimate of drug-likeness (QED) is 0.270. The number of likely N-dealkylation sites (N-methyl/N-ethyl adjacent to an activating group) is 2. The number of benzene rings is 1. The molecule has 2 aliphatic heterocycles. The summed E-state index contributed by atoms with van der Waals surface area (Å²) in [6.45, 7) is 11.2. The summed E-state index contributed by atoms with van der Waals surface area (Å²) in [4.78, 5) is 59.5. The Morgan fingerprint density at radius 3 is 2.41 bits per heavy atom. The predicted octanol–water partition coefficient (Wildman–Crippen LogP) is 5.04. The molecular weight excluding hydrogens is 580 g/mol. The van der Waals surface area contributed by atoms with Gasteiger partial charge in [0.15, 0.2) is 0 Å². The van der Waals surface area contributed by atoms with Crippen LogP contribution in [-0.2, 0) is 30.3 Å². The van der Waals surface area contributed by atoms with Gasteiger partial charge in [-0.25, -0.2) is 0 Å². The molecule has 3 unspecified atom stereocenters. The molecule has 46 heavy (non-hydrogen) atoms. The third-order valence-electron chi connectivity index (χ3n) is 10.2. The number of nitrogens with one attached hydrogen (secondary N) is 1. The van der Waals surface area contributed by atoms with Crippen LogP contribution in [0.3, 0.4) is 0 Å². The fraction of sp³-hybridized carbons (Fsp3) is 0.676.